The highest BCUT2D eigenvalue weighted by molar-refractivity contribution is 6.28. The number of fused-ring (bicyclic) bond motifs is 2. The zero-order valence-corrected chi connectivity index (χ0v) is 22.2. The molecular formula is C30H36O6. The van der Waals surface area contributed by atoms with Crippen molar-refractivity contribution < 1.29 is 28.7 Å². The average Bonchev–Trinajstić information content (AvgIpc) is 2.86. The third kappa shape index (κ3) is 5.75. The van der Waals surface area contributed by atoms with E-state index in [0.29, 0.717) is 47.9 Å². The number of methoxy groups -OCH3 is 2. The molecule has 0 heterocycles. The number of rotatable bonds is 10. The molecule has 0 aromatic heterocycles. The zero-order valence-electron chi connectivity index (χ0n) is 22.2. The van der Waals surface area contributed by atoms with Crippen LogP contribution in [0, 0.1) is 0 Å². The van der Waals surface area contributed by atoms with Crippen LogP contribution in [0.2, 0.25) is 0 Å². The van der Waals surface area contributed by atoms with Gasteiger partial charge in [0.1, 0.15) is 0 Å². The van der Waals surface area contributed by atoms with E-state index in [1.165, 1.54) is 14.2 Å². The second kappa shape index (κ2) is 10.8. The van der Waals surface area contributed by atoms with Gasteiger partial charge in [0.25, 0.3) is 0 Å². The Kier molecular flexibility index (Phi) is 8.17. The molecule has 3 rings (SSSR count). The minimum absolute atomic E-state index is 0.151. The van der Waals surface area contributed by atoms with Crippen molar-refractivity contribution in [2.75, 3.05) is 14.2 Å². The van der Waals surface area contributed by atoms with Crippen molar-refractivity contribution in [2.45, 2.75) is 77.0 Å². The van der Waals surface area contributed by atoms with Gasteiger partial charge in [-0.25, -0.2) is 0 Å². The van der Waals surface area contributed by atoms with Crippen LogP contribution in [0.3, 0.4) is 0 Å². The number of hydrogen-bond donors (Lipinski definition) is 0. The molecule has 0 N–H and O–H groups in total. The van der Waals surface area contributed by atoms with Crippen LogP contribution >= 0.6 is 0 Å². The van der Waals surface area contributed by atoms with Crippen molar-refractivity contribution in [3.05, 3.63) is 69.8 Å². The summed E-state index contributed by atoms with van der Waals surface area (Å²) in [5.41, 5.74) is 3.06. The number of carbonyl (C=O) groups excluding carboxylic acids is 4. The van der Waals surface area contributed by atoms with E-state index >= 15 is 0 Å². The molecular weight excluding hydrogens is 456 g/mol. The average molecular weight is 493 g/mol. The Hall–Kier alpha value is -3.28. The second-order valence-corrected chi connectivity index (χ2v) is 10.8. The normalized spacial score (nSPS) is 13.2. The first-order valence-corrected chi connectivity index (χ1v) is 12.4. The van der Waals surface area contributed by atoms with Gasteiger partial charge in [0.2, 0.25) is 0 Å². The predicted octanol–water partition coefficient (Wildman–Crippen LogP) is 5.70. The fourth-order valence-corrected chi connectivity index (χ4v) is 4.83. The number of benzene rings is 2. The molecule has 0 bridgehead atoms. The lowest BCUT2D eigenvalue weighted by Crippen LogP contribution is -2.25. The number of ketones is 2. The summed E-state index contributed by atoms with van der Waals surface area (Å²) < 4.78 is 9.45. The van der Waals surface area contributed by atoms with E-state index in [0.717, 1.165) is 24.0 Å². The van der Waals surface area contributed by atoms with E-state index < -0.39 is 0 Å². The van der Waals surface area contributed by atoms with Crippen LogP contribution in [0.15, 0.2) is 36.4 Å². The van der Waals surface area contributed by atoms with Crippen molar-refractivity contribution >= 4 is 23.5 Å². The molecule has 1 aliphatic carbocycles. The van der Waals surface area contributed by atoms with Gasteiger partial charge in [-0.2, -0.15) is 0 Å². The zero-order chi connectivity index (χ0) is 26.7. The van der Waals surface area contributed by atoms with Gasteiger partial charge < -0.3 is 9.47 Å². The Morgan fingerprint density at radius 3 is 1.33 bits per heavy atom. The van der Waals surface area contributed by atoms with Crippen LogP contribution in [-0.2, 0) is 29.9 Å². The highest BCUT2D eigenvalue weighted by atomic mass is 16.5. The van der Waals surface area contributed by atoms with E-state index in [1.807, 2.05) is 24.3 Å². The molecule has 0 radical (unpaired) electrons. The Morgan fingerprint density at radius 1 is 0.639 bits per heavy atom. The van der Waals surface area contributed by atoms with Gasteiger partial charge in [-0.15, -0.1) is 0 Å². The lowest BCUT2D eigenvalue weighted by Gasteiger charge is -2.29. The van der Waals surface area contributed by atoms with Crippen LogP contribution in [0.4, 0.5) is 0 Å². The molecule has 6 nitrogen and oxygen atoms in total. The van der Waals surface area contributed by atoms with E-state index in [4.69, 9.17) is 9.47 Å². The highest BCUT2D eigenvalue weighted by Crippen LogP contribution is 2.36. The third-order valence-corrected chi connectivity index (χ3v) is 7.40. The number of esters is 2. The number of ether oxygens (including phenoxy) is 2. The van der Waals surface area contributed by atoms with Crippen LogP contribution in [0.25, 0.3) is 0 Å². The summed E-state index contributed by atoms with van der Waals surface area (Å²) in [4.78, 5) is 49.9. The van der Waals surface area contributed by atoms with Crippen molar-refractivity contribution in [3.8, 4) is 0 Å². The molecule has 192 valence electrons. The van der Waals surface area contributed by atoms with E-state index in [1.54, 1.807) is 12.1 Å². The summed E-state index contributed by atoms with van der Waals surface area (Å²) >= 11 is 0. The summed E-state index contributed by atoms with van der Waals surface area (Å²) in [5.74, 6) is -0.775. The van der Waals surface area contributed by atoms with Crippen LogP contribution in [-0.4, -0.2) is 37.7 Å². The minimum atomic E-state index is -0.273. The fourth-order valence-electron chi connectivity index (χ4n) is 4.83. The largest absolute Gasteiger partial charge is 0.469 e. The molecule has 0 unspecified atom stereocenters. The molecule has 1 aliphatic rings. The Labute approximate surface area is 213 Å². The quantitative estimate of drug-likeness (QED) is 0.337. The van der Waals surface area contributed by atoms with Gasteiger partial charge in [0, 0.05) is 35.1 Å². The fraction of sp³-hybridized carbons (Fsp3) is 0.467. The molecule has 0 fully saturated rings. The summed E-state index contributed by atoms with van der Waals surface area (Å²) in [6, 6.07) is 11.0. The smallest absolute Gasteiger partial charge is 0.305 e. The summed E-state index contributed by atoms with van der Waals surface area (Å²) in [5, 5.41) is 0. The Bertz CT molecular complexity index is 1090. The van der Waals surface area contributed by atoms with Gasteiger partial charge in [-0.1, -0.05) is 39.8 Å². The van der Waals surface area contributed by atoms with Gasteiger partial charge in [-0.05, 0) is 71.9 Å². The lowest BCUT2D eigenvalue weighted by molar-refractivity contribution is -0.141. The summed E-state index contributed by atoms with van der Waals surface area (Å²) in [6.45, 7) is 8.29. The van der Waals surface area contributed by atoms with Crippen LogP contribution in [0.1, 0.15) is 109 Å². The molecule has 0 saturated heterocycles. The maximum absolute atomic E-state index is 13.5. The van der Waals surface area contributed by atoms with Gasteiger partial charge in [-0.3, -0.25) is 19.2 Å². The van der Waals surface area contributed by atoms with E-state index in [9.17, 15) is 19.2 Å². The molecule has 0 spiro atoms. The molecule has 0 aliphatic heterocycles. The van der Waals surface area contributed by atoms with Crippen molar-refractivity contribution in [3.63, 3.8) is 0 Å². The predicted molar refractivity (Wildman–Crippen MR) is 138 cm³/mol. The highest BCUT2D eigenvalue weighted by Gasteiger charge is 2.33. The maximum atomic E-state index is 13.5. The standard InChI is InChI=1S/C30H36O6/c1-29(2,15-7-9-25(31)35-5)19-11-13-21-23(17-19)27(33)22-14-12-20(18-24(22)28(21)34)30(3,4)16-8-10-26(32)36-6/h11-14,17-18H,7-10,15-16H2,1-6H3. The van der Waals surface area contributed by atoms with E-state index in [2.05, 4.69) is 27.7 Å². The molecule has 6 heteroatoms. The lowest BCUT2D eigenvalue weighted by atomic mass is 9.74. The first-order valence-electron chi connectivity index (χ1n) is 12.4. The Morgan fingerprint density at radius 2 is 1.00 bits per heavy atom. The van der Waals surface area contributed by atoms with Crippen LogP contribution < -0.4 is 0 Å². The first kappa shape index (κ1) is 27.3. The SMILES string of the molecule is COC(=O)CCCC(C)(C)c1ccc2c(c1)C(=O)c1ccc(C(C)(C)CCCC(=O)OC)cc1C2=O. The topological polar surface area (TPSA) is 86.7 Å². The number of hydrogen-bond acceptors (Lipinski definition) is 6. The number of carbonyl (C=O) groups is 4. The van der Waals surface area contributed by atoms with Crippen molar-refractivity contribution in [2.24, 2.45) is 0 Å². The molecule has 0 amide bonds. The monoisotopic (exact) mass is 492 g/mol. The van der Waals surface area contributed by atoms with Gasteiger partial charge >= 0.3 is 11.9 Å². The maximum Gasteiger partial charge on any atom is 0.305 e. The summed E-state index contributed by atoms with van der Waals surface area (Å²) in [7, 11) is 2.76. The minimum Gasteiger partial charge on any atom is -0.469 e. The first-order chi connectivity index (χ1) is 16.9. The van der Waals surface area contributed by atoms with Crippen molar-refractivity contribution in [1.29, 1.82) is 0 Å². The van der Waals surface area contributed by atoms with E-state index in [-0.39, 0.29) is 34.3 Å². The molecule has 2 aromatic rings. The molecule has 36 heavy (non-hydrogen) atoms. The summed E-state index contributed by atoms with van der Waals surface area (Å²) in [6.07, 6.45) is 3.52. The van der Waals surface area contributed by atoms with Crippen molar-refractivity contribution in [1.82, 2.24) is 0 Å². The molecule has 0 atom stereocenters. The molecule has 0 saturated carbocycles. The van der Waals surface area contributed by atoms with Gasteiger partial charge in [0.05, 0.1) is 14.2 Å². The van der Waals surface area contributed by atoms with Crippen LogP contribution in [0.5, 0.6) is 0 Å². The third-order valence-electron chi connectivity index (χ3n) is 7.40. The van der Waals surface area contributed by atoms with Gasteiger partial charge in [0.15, 0.2) is 11.6 Å². The Balaban J connectivity index is 1.85. The molecule has 2 aromatic carbocycles. The second-order valence-electron chi connectivity index (χ2n) is 10.8.